The lowest BCUT2D eigenvalue weighted by Crippen LogP contribution is -2.52. The summed E-state index contributed by atoms with van der Waals surface area (Å²) in [7, 11) is 0. The Kier molecular flexibility index (Phi) is 3.35. The first kappa shape index (κ1) is 16.1. The third-order valence-electron chi connectivity index (χ3n) is 6.28. The smallest absolute Gasteiger partial charge is 0.127 e. The van der Waals surface area contributed by atoms with Crippen molar-refractivity contribution in [3.05, 3.63) is 29.8 Å². The van der Waals surface area contributed by atoms with Crippen molar-refractivity contribution >= 4 is 23.2 Å². The van der Waals surface area contributed by atoms with Crippen molar-refractivity contribution in [1.29, 1.82) is 0 Å². The van der Waals surface area contributed by atoms with Crippen molar-refractivity contribution in [2.24, 2.45) is 17.8 Å². The monoisotopic (exact) mass is 354 g/mol. The van der Waals surface area contributed by atoms with Gasteiger partial charge in [0.2, 0.25) is 0 Å². The summed E-state index contributed by atoms with van der Waals surface area (Å²) < 4.78 is 12.3. The zero-order valence-corrected chi connectivity index (χ0v) is 15.6. The van der Waals surface area contributed by atoms with Gasteiger partial charge in [0.25, 0.3) is 0 Å². The maximum Gasteiger partial charge on any atom is 0.127 e. The first-order chi connectivity index (χ1) is 10.7. The minimum absolute atomic E-state index is 0.0469. The van der Waals surface area contributed by atoms with Crippen molar-refractivity contribution in [1.82, 2.24) is 0 Å². The molecule has 0 spiro atoms. The van der Waals surface area contributed by atoms with Gasteiger partial charge >= 0.3 is 0 Å². The number of alkyl halides is 2. The van der Waals surface area contributed by atoms with E-state index in [1.54, 1.807) is 0 Å². The molecule has 0 aromatic heterocycles. The minimum Gasteiger partial charge on any atom is -0.487 e. The van der Waals surface area contributed by atoms with Crippen LogP contribution in [0.25, 0.3) is 0 Å². The molecule has 23 heavy (non-hydrogen) atoms. The summed E-state index contributed by atoms with van der Waals surface area (Å²) in [5.41, 5.74) is 0.657. The molecule has 1 saturated heterocycles. The van der Waals surface area contributed by atoms with E-state index < -0.39 is 4.33 Å². The van der Waals surface area contributed by atoms with Crippen LogP contribution in [0.4, 0.5) is 0 Å². The second kappa shape index (κ2) is 4.80. The molecule has 1 aromatic carbocycles. The van der Waals surface area contributed by atoms with E-state index in [1.165, 1.54) is 0 Å². The van der Waals surface area contributed by atoms with Crippen molar-refractivity contribution in [2.45, 2.75) is 62.2 Å². The largest absolute Gasteiger partial charge is 0.487 e. The molecule has 2 aliphatic heterocycles. The van der Waals surface area contributed by atoms with E-state index in [9.17, 15) is 0 Å². The molecule has 0 N–H and O–H groups in total. The molecule has 1 saturated carbocycles. The molecule has 0 bridgehead atoms. The quantitative estimate of drug-likeness (QED) is 0.617. The molecule has 1 aromatic rings. The molecule has 3 aliphatic rings. The van der Waals surface area contributed by atoms with Crippen LogP contribution in [0.2, 0.25) is 0 Å². The van der Waals surface area contributed by atoms with Crippen molar-refractivity contribution in [2.75, 3.05) is 0 Å². The Morgan fingerprint density at radius 3 is 2.43 bits per heavy atom. The topological polar surface area (TPSA) is 18.5 Å². The molecular formula is C19H24Cl2O2. The molecule has 2 heterocycles. The average molecular weight is 355 g/mol. The molecule has 0 radical (unpaired) electrons. The van der Waals surface area contributed by atoms with Crippen molar-refractivity contribution in [3.63, 3.8) is 0 Å². The van der Waals surface area contributed by atoms with E-state index in [0.29, 0.717) is 5.92 Å². The molecule has 2 fully saturated rings. The Hall–Kier alpha value is -0.440. The maximum absolute atomic E-state index is 6.72. The van der Waals surface area contributed by atoms with Crippen molar-refractivity contribution < 1.29 is 9.47 Å². The standard InChI is InChI=1S/C19H24Cl2O2/c1-11-16(19(11,20)21)18(4)10-9-13-15(23-18)12-7-5-6-8-14(12)22-17(13,2)3/h5-8,11,13,15-16H,9-10H2,1-4H3/t11-,13-,15+,16-,18-/m1/s1. The molecule has 1 aliphatic carbocycles. The first-order valence-electron chi connectivity index (χ1n) is 8.50. The lowest BCUT2D eigenvalue weighted by atomic mass is 9.72. The van der Waals surface area contributed by atoms with Crippen LogP contribution < -0.4 is 4.74 Å². The molecule has 126 valence electrons. The van der Waals surface area contributed by atoms with Gasteiger partial charge in [0.15, 0.2) is 0 Å². The third kappa shape index (κ3) is 2.25. The van der Waals surface area contributed by atoms with E-state index in [2.05, 4.69) is 39.8 Å². The number of hydrogen-bond acceptors (Lipinski definition) is 2. The number of rotatable bonds is 1. The highest BCUT2D eigenvalue weighted by atomic mass is 35.5. The van der Waals surface area contributed by atoms with E-state index in [1.807, 2.05) is 12.1 Å². The Morgan fingerprint density at radius 1 is 1.13 bits per heavy atom. The van der Waals surface area contributed by atoms with Crippen LogP contribution in [0, 0.1) is 17.8 Å². The number of fused-ring (bicyclic) bond motifs is 3. The van der Waals surface area contributed by atoms with E-state index >= 15 is 0 Å². The Morgan fingerprint density at radius 2 is 1.78 bits per heavy atom. The zero-order valence-electron chi connectivity index (χ0n) is 14.1. The van der Waals surface area contributed by atoms with Gasteiger partial charge in [-0.25, -0.2) is 0 Å². The van der Waals surface area contributed by atoms with Gasteiger partial charge in [0.05, 0.1) is 11.7 Å². The van der Waals surface area contributed by atoms with Gasteiger partial charge in [0.1, 0.15) is 15.7 Å². The fourth-order valence-corrected chi connectivity index (χ4v) is 5.79. The van der Waals surface area contributed by atoms with Crippen LogP contribution in [-0.4, -0.2) is 15.5 Å². The normalized spacial score (nSPS) is 43.0. The lowest BCUT2D eigenvalue weighted by Gasteiger charge is -2.52. The Balaban J connectivity index is 1.71. The highest BCUT2D eigenvalue weighted by Crippen LogP contribution is 2.67. The van der Waals surface area contributed by atoms with Gasteiger partial charge < -0.3 is 9.47 Å². The average Bonchev–Trinajstić information content (AvgIpc) is 2.97. The Bertz CT molecular complexity index is 642. The van der Waals surface area contributed by atoms with E-state index in [0.717, 1.165) is 24.2 Å². The fourth-order valence-electron chi connectivity index (χ4n) is 4.83. The fraction of sp³-hybridized carbons (Fsp3) is 0.684. The van der Waals surface area contributed by atoms with Crippen LogP contribution >= 0.6 is 23.2 Å². The van der Waals surface area contributed by atoms with Gasteiger partial charge in [0, 0.05) is 17.4 Å². The van der Waals surface area contributed by atoms with Gasteiger partial charge in [-0.2, -0.15) is 0 Å². The summed E-state index contributed by atoms with van der Waals surface area (Å²) in [6, 6.07) is 8.23. The Labute approximate surface area is 148 Å². The lowest BCUT2D eigenvalue weighted by molar-refractivity contribution is -0.199. The highest BCUT2D eigenvalue weighted by Gasteiger charge is 2.69. The number of benzene rings is 1. The van der Waals surface area contributed by atoms with Crippen LogP contribution in [0.15, 0.2) is 24.3 Å². The van der Waals surface area contributed by atoms with Crippen molar-refractivity contribution in [3.8, 4) is 5.75 Å². The summed E-state index contributed by atoms with van der Waals surface area (Å²) in [4.78, 5) is 0. The summed E-state index contributed by atoms with van der Waals surface area (Å²) in [5, 5.41) is 0. The molecule has 4 heteroatoms. The number of ether oxygens (including phenoxy) is 2. The van der Waals surface area contributed by atoms with Crippen LogP contribution in [0.5, 0.6) is 5.75 Å². The summed E-state index contributed by atoms with van der Waals surface area (Å²) >= 11 is 12.9. The maximum atomic E-state index is 6.72. The molecule has 0 amide bonds. The minimum atomic E-state index is -0.651. The SMILES string of the molecule is C[C@@H]1[C@H]([C@@]2(C)CC[C@@H]3[C@@H](O2)c2ccccc2OC3(C)C)C1(Cl)Cl. The second-order valence-corrected chi connectivity index (χ2v) is 9.62. The molecule has 2 nitrogen and oxygen atoms in total. The molecule has 5 atom stereocenters. The predicted molar refractivity (Wildman–Crippen MR) is 93.2 cm³/mol. The van der Waals surface area contributed by atoms with Gasteiger partial charge in [-0.05, 0) is 45.6 Å². The second-order valence-electron chi connectivity index (χ2n) is 8.18. The molecule has 4 rings (SSSR count). The van der Waals surface area contributed by atoms with Crippen LogP contribution in [0.3, 0.4) is 0 Å². The summed E-state index contributed by atoms with van der Waals surface area (Å²) in [6.45, 7) is 8.63. The van der Waals surface area contributed by atoms with Gasteiger partial charge in [-0.1, -0.05) is 25.1 Å². The zero-order chi connectivity index (χ0) is 16.6. The number of hydrogen-bond donors (Lipinski definition) is 0. The first-order valence-corrected chi connectivity index (χ1v) is 9.26. The summed E-state index contributed by atoms with van der Waals surface area (Å²) in [5.74, 6) is 1.75. The predicted octanol–water partition coefficient (Wildman–Crippen LogP) is 5.52. The van der Waals surface area contributed by atoms with E-state index in [-0.39, 0.29) is 29.1 Å². The van der Waals surface area contributed by atoms with Gasteiger partial charge in [-0.15, -0.1) is 23.2 Å². The van der Waals surface area contributed by atoms with Crippen LogP contribution in [-0.2, 0) is 4.74 Å². The van der Waals surface area contributed by atoms with E-state index in [4.69, 9.17) is 32.7 Å². The molecule has 0 unspecified atom stereocenters. The number of halogens is 2. The third-order valence-corrected chi connectivity index (χ3v) is 7.43. The summed E-state index contributed by atoms with van der Waals surface area (Å²) in [6.07, 6.45) is 2.08. The van der Waals surface area contributed by atoms with Crippen LogP contribution in [0.1, 0.15) is 52.2 Å². The highest BCUT2D eigenvalue weighted by molar-refractivity contribution is 6.51. The molecular weight excluding hydrogens is 331 g/mol. The number of para-hydroxylation sites is 1. The van der Waals surface area contributed by atoms with Gasteiger partial charge in [-0.3, -0.25) is 0 Å².